The van der Waals surface area contributed by atoms with Crippen LogP contribution in [0.4, 0.5) is 0 Å². The lowest BCUT2D eigenvalue weighted by Crippen LogP contribution is -2.32. The van der Waals surface area contributed by atoms with E-state index in [9.17, 15) is 33.6 Å². The van der Waals surface area contributed by atoms with Gasteiger partial charge in [-0.3, -0.25) is 28.8 Å². The van der Waals surface area contributed by atoms with Crippen molar-refractivity contribution < 1.29 is 38.4 Å². The van der Waals surface area contributed by atoms with Gasteiger partial charge in [0.25, 0.3) is 11.8 Å². The molecule has 39 heavy (non-hydrogen) atoms. The number of amides is 4. The first-order chi connectivity index (χ1) is 18.1. The van der Waals surface area contributed by atoms with Crippen LogP contribution in [0.5, 0.6) is 0 Å². The summed E-state index contributed by atoms with van der Waals surface area (Å²) < 4.78 is 1.93. The van der Waals surface area contributed by atoms with E-state index >= 15 is 0 Å². The molecule has 20 heteroatoms. The predicted octanol–water partition coefficient (Wildman–Crippen LogP) is 4.99. The second-order valence-electron chi connectivity index (χ2n) is 5.46. The molecule has 0 saturated carbocycles. The third-order valence-electron chi connectivity index (χ3n) is 2.70. The van der Waals surface area contributed by atoms with Gasteiger partial charge in [-0.2, -0.15) is 12.6 Å². The molecule has 1 rings (SSSR count). The minimum atomic E-state index is -0.779. The van der Waals surface area contributed by atoms with E-state index in [-0.39, 0.29) is 52.1 Å². The lowest BCUT2D eigenvalue weighted by molar-refractivity contribution is -0.195. The number of hydroxylamine groups is 2. The molecule has 1 heterocycles. The number of carbonyl (C=O) groups excluding carboxylic acids is 7. The summed E-state index contributed by atoms with van der Waals surface area (Å²) in [6.07, 6.45) is 0.123. The summed E-state index contributed by atoms with van der Waals surface area (Å²) in [6.45, 7) is 2.75. The van der Waals surface area contributed by atoms with E-state index in [0.29, 0.717) is 5.06 Å². The predicted molar refractivity (Wildman–Crippen MR) is 214 cm³/mol. The van der Waals surface area contributed by atoms with E-state index in [1.54, 1.807) is 14.1 Å². The number of nitrogens with zero attached hydrogens (tertiary/aromatic N) is 1. The van der Waals surface area contributed by atoms with Crippen LogP contribution in [0.3, 0.4) is 0 Å². The molecule has 1 aliphatic heterocycles. The van der Waals surface area contributed by atoms with Gasteiger partial charge in [0.15, 0.2) is 10.2 Å². The minimum Gasteiger partial charge on any atom is -0.358 e. The molecule has 0 atom stereocenters. The molecule has 0 spiro atoms. The summed E-state index contributed by atoms with van der Waals surface area (Å²) in [5.74, 6) is -1.69. The van der Waals surface area contributed by atoms with Crippen molar-refractivity contribution in [2.24, 2.45) is 0 Å². The van der Waals surface area contributed by atoms with E-state index in [0.717, 1.165) is 23.5 Å². The van der Waals surface area contributed by atoms with Gasteiger partial charge in [0.2, 0.25) is 11.8 Å². The van der Waals surface area contributed by atoms with Gasteiger partial charge in [-0.15, -0.1) is 5.06 Å². The zero-order valence-corrected chi connectivity index (χ0v) is 37.0. The van der Waals surface area contributed by atoms with Gasteiger partial charge in [-0.25, -0.2) is 4.79 Å². The second-order valence-corrected chi connectivity index (χ2v) is 23.4. The Bertz CT molecular complexity index is 716. The monoisotopic (exact) mass is 1290 g/mol. The van der Waals surface area contributed by atoms with Crippen LogP contribution < -0.4 is 10.6 Å². The van der Waals surface area contributed by atoms with E-state index < -0.39 is 17.8 Å². The van der Waals surface area contributed by atoms with Crippen LogP contribution in [0.25, 0.3) is 0 Å². The number of imide groups is 1. The summed E-state index contributed by atoms with van der Waals surface area (Å²) in [5, 5.41) is 5.01. The highest BCUT2D eigenvalue weighted by Crippen LogP contribution is 2.16. The molecule has 1 saturated heterocycles. The van der Waals surface area contributed by atoms with Crippen molar-refractivity contribution in [3.8, 4) is 0 Å². The summed E-state index contributed by atoms with van der Waals surface area (Å²) in [7, 11) is 3.13. The standard InChI is InChI=1S/C8H9NO5S.C5H9NO2S.C3H7NOS.CHI3.CH2I2.CH3I/c1-5(10)15-4-8(13)14-9-6(11)2-3-7(9)12;1-4(7)9-3-5(8)6-2;1-4-3(5)2-6;2-1(3)4;2-1-3;1-2/h2-4H2,1H3;3H2,1-2H3,(H,6,8);6H,2H2,1H3,(H,4,5);1H;1H2;1H3. The Morgan fingerprint density at radius 3 is 1.46 bits per heavy atom. The van der Waals surface area contributed by atoms with Crippen LogP contribution in [0.15, 0.2) is 0 Å². The van der Waals surface area contributed by atoms with Crippen molar-refractivity contribution in [3.63, 3.8) is 0 Å². The fourth-order valence-electron chi connectivity index (χ4n) is 1.26. The number of nitrogens with one attached hydrogen (secondary N) is 2. The van der Waals surface area contributed by atoms with Gasteiger partial charge in [0.1, 0.15) is 5.69 Å². The maximum Gasteiger partial charge on any atom is 0.343 e. The molecule has 0 aromatic carbocycles. The first kappa shape index (κ1) is 50.9. The molecular formula is C19H31I6N3O8S3. The molecule has 11 nitrogen and oxygen atoms in total. The number of hydrogen-bond acceptors (Lipinski definition) is 11. The molecule has 0 radical (unpaired) electrons. The average molecular weight is 1290 g/mol. The molecule has 0 aromatic heterocycles. The second kappa shape index (κ2) is 38.3. The molecule has 0 unspecified atom stereocenters. The number of hydrogen-bond donors (Lipinski definition) is 3. The van der Waals surface area contributed by atoms with Crippen LogP contribution in [0, 0.1) is 0 Å². The molecule has 230 valence electrons. The first-order valence-electron chi connectivity index (χ1n) is 9.90. The highest BCUT2D eigenvalue weighted by Gasteiger charge is 2.32. The lowest BCUT2D eigenvalue weighted by Gasteiger charge is -2.11. The van der Waals surface area contributed by atoms with Crippen molar-refractivity contribution in [1.82, 2.24) is 15.7 Å². The summed E-state index contributed by atoms with van der Waals surface area (Å²) in [4.78, 5) is 80.8. The zero-order valence-electron chi connectivity index (χ0n) is 21.6. The Morgan fingerprint density at radius 1 is 0.872 bits per heavy atom. The maximum absolute atomic E-state index is 11.1. The number of halogens is 6. The molecule has 0 bridgehead atoms. The van der Waals surface area contributed by atoms with Crippen molar-refractivity contribution >= 4 is 212 Å². The van der Waals surface area contributed by atoms with Gasteiger partial charge in [-0.1, -0.05) is 159 Å². The van der Waals surface area contributed by atoms with Crippen molar-refractivity contribution in [3.05, 3.63) is 0 Å². The molecule has 2 N–H and O–H groups in total. The van der Waals surface area contributed by atoms with Crippen LogP contribution >= 0.6 is 172 Å². The maximum atomic E-state index is 11.1. The molecule has 1 fully saturated rings. The third-order valence-corrected chi connectivity index (χ3v) is 4.59. The fraction of sp³-hybridized carbons (Fsp3) is 0.632. The first-order valence-corrected chi connectivity index (χ1v) is 21.4. The quantitative estimate of drug-likeness (QED) is 0.144. The van der Waals surface area contributed by atoms with E-state index in [1.807, 2.05) is 4.93 Å². The smallest absolute Gasteiger partial charge is 0.343 e. The van der Waals surface area contributed by atoms with Crippen LogP contribution in [-0.4, -0.2) is 83.5 Å². The van der Waals surface area contributed by atoms with Gasteiger partial charge in [0.05, 0.1) is 13.9 Å². The summed E-state index contributed by atoms with van der Waals surface area (Å²) in [5.41, 5.74) is 0. The van der Waals surface area contributed by atoms with Gasteiger partial charge < -0.3 is 15.5 Å². The Balaban J connectivity index is -0.000000137. The number of alkyl halides is 6. The van der Waals surface area contributed by atoms with Crippen LogP contribution in [-0.2, 0) is 38.4 Å². The third kappa shape index (κ3) is 47.5. The molecular weight excluding hydrogens is 1260 g/mol. The fourth-order valence-corrected chi connectivity index (χ4v) is 2.28. The number of thioether (sulfide) groups is 2. The van der Waals surface area contributed by atoms with E-state index in [2.05, 4.69) is 164 Å². The SMILES string of the molecule is CC(=O)SCC(=O)ON1C(=O)CCC1=O.CI.CNC(=O)CS.CNC(=O)CSC(C)=O.IC(I)I.ICI. The van der Waals surface area contributed by atoms with Crippen molar-refractivity contribution in [2.45, 2.75) is 26.6 Å². The minimum absolute atomic E-state index is 0.0291. The molecule has 4 amide bonds. The number of carbonyl (C=O) groups is 7. The number of thiol groups is 1. The normalized spacial score (nSPS) is 10.7. The topological polar surface area (TPSA) is 156 Å². The highest BCUT2D eigenvalue weighted by molar-refractivity contribution is 14.3. The van der Waals surface area contributed by atoms with Gasteiger partial charge >= 0.3 is 5.97 Å². The van der Waals surface area contributed by atoms with Crippen molar-refractivity contribution in [1.29, 1.82) is 0 Å². The van der Waals surface area contributed by atoms with E-state index in [1.165, 1.54) is 16.3 Å². The Labute approximate surface area is 325 Å². The Hall–Kier alpha value is 2.32. The Morgan fingerprint density at radius 2 is 1.21 bits per heavy atom. The van der Waals surface area contributed by atoms with Gasteiger partial charge in [0, 0.05) is 40.8 Å². The van der Waals surface area contributed by atoms with Crippen LogP contribution in [0.1, 0.15) is 26.7 Å². The molecule has 0 aliphatic carbocycles. The van der Waals surface area contributed by atoms with Crippen molar-refractivity contribution in [2.75, 3.05) is 38.7 Å². The summed E-state index contributed by atoms with van der Waals surface area (Å²) in [6, 6.07) is 0. The summed E-state index contributed by atoms with van der Waals surface area (Å²) >= 11 is 19.1. The Kier molecular flexibility index (Phi) is 50.1. The van der Waals surface area contributed by atoms with Crippen LogP contribution in [0.2, 0.25) is 0 Å². The molecule has 1 aliphatic rings. The highest BCUT2D eigenvalue weighted by atomic mass is 127. The zero-order chi connectivity index (χ0) is 32.0. The lowest BCUT2D eigenvalue weighted by atomic mass is 10.4. The van der Waals surface area contributed by atoms with E-state index in [4.69, 9.17) is 0 Å². The largest absolute Gasteiger partial charge is 0.358 e. The number of rotatable bonds is 6. The average Bonchev–Trinajstić information content (AvgIpc) is 3.19. The van der Waals surface area contributed by atoms with Gasteiger partial charge in [-0.05, 0) is 4.93 Å². The molecule has 0 aromatic rings.